The fourth-order valence-electron chi connectivity index (χ4n) is 1.56. The van der Waals surface area contributed by atoms with E-state index in [1.165, 1.54) is 27.7 Å². The summed E-state index contributed by atoms with van der Waals surface area (Å²) < 4.78 is 19.6. The van der Waals surface area contributed by atoms with Crippen molar-refractivity contribution in [3.63, 3.8) is 0 Å². The Morgan fingerprint density at radius 2 is 1.31 bits per heavy atom. The van der Waals surface area contributed by atoms with Crippen LogP contribution in [-0.2, 0) is 28.5 Å². The standard InChI is InChI=1S/C18H31NO10/c1-13(22)17(3,9-20)11-28-15(24)19-5-6-26-7-8-27-16(25)29-12-18(4,10-21)14(2)23/h20-21H,5-12H2,1-4H3,(H,19,24). The van der Waals surface area contributed by atoms with Crippen molar-refractivity contribution in [2.24, 2.45) is 10.8 Å². The molecular formula is C18H31NO10. The van der Waals surface area contributed by atoms with E-state index in [-0.39, 0.29) is 51.1 Å². The van der Waals surface area contributed by atoms with Crippen LogP contribution in [0.3, 0.4) is 0 Å². The van der Waals surface area contributed by atoms with Crippen LogP contribution < -0.4 is 5.32 Å². The minimum atomic E-state index is -1.17. The zero-order valence-corrected chi connectivity index (χ0v) is 17.3. The molecule has 0 bridgehead atoms. The summed E-state index contributed by atoms with van der Waals surface area (Å²) >= 11 is 0. The summed E-state index contributed by atoms with van der Waals surface area (Å²) in [5, 5.41) is 20.8. The summed E-state index contributed by atoms with van der Waals surface area (Å²) in [5.74, 6) is -0.610. The number of carbonyl (C=O) groups excluding carboxylic acids is 4. The van der Waals surface area contributed by atoms with E-state index in [9.17, 15) is 29.4 Å². The molecule has 3 N–H and O–H groups in total. The average Bonchev–Trinajstić information content (AvgIpc) is 2.68. The van der Waals surface area contributed by atoms with Crippen LogP contribution in [-0.4, -0.2) is 86.8 Å². The number of alkyl carbamates (subject to hydrolysis) is 1. The number of amides is 1. The maximum absolute atomic E-state index is 11.5. The van der Waals surface area contributed by atoms with Crippen LogP contribution in [0.15, 0.2) is 0 Å². The van der Waals surface area contributed by atoms with Crippen LogP contribution in [0.25, 0.3) is 0 Å². The first-order chi connectivity index (χ1) is 13.5. The highest BCUT2D eigenvalue weighted by atomic mass is 16.7. The van der Waals surface area contributed by atoms with Crippen molar-refractivity contribution in [1.82, 2.24) is 5.32 Å². The molecule has 0 spiro atoms. The molecule has 0 saturated carbocycles. The van der Waals surface area contributed by atoms with Crippen molar-refractivity contribution < 1.29 is 48.3 Å². The maximum Gasteiger partial charge on any atom is 0.508 e. The SMILES string of the molecule is CC(=O)C(C)(CO)COC(=O)NCCOCCOC(=O)OCC(C)(CO)C(C)=O. The Balaban J connectivity index is 3.82. The fraction of sp³-hybridized carbons (Fsp3) is 0.778. The van der Waals surface area contributed by atoms with E-state index in [0.29, 0.717) is 0 Å². The van der Waals surface area contributed by atoms with E-state index in [2.05, 4.69) is 5.32 Å². The molecule has 0 aliphatic carbocycles. The molecule has 0 fully saturated rings. The average molecular weight is 421 g/mol. The van der Waals surface area contributed by atoms with Crippen molar-refractivity contribution in [3.8, 4) is 0 Å². The second kappa shape index (κ2) is 13.1. The molecule has 0 aromatic carbocycles. The number of rotatable bonds is 14. The molecule has 2 atom stereocenters. The van der Waals surface area contributed by atoms with E-state index in [4.69, 9.17) is 18.9 Å². The van der Waals surface area contributed by atoms with E-state index in [0.717, 1.165) is 0 Å². The van der Waals surface area contributed by atoms with Gasteiger partial charge in [0.15, 0.2) is 0 Å². The number of aliphatic hydroxyl groups is 2. The van der Waals surface area contributed by atoms with Crippen LogP contribution in [0.1, 0.15) is 27.7 Å². The topological polar surface area (TPSA) is 158 Å². The van der Waals surface area contributed by atoms with Gasteiger partial charge in [-0.3, -0.25) is 9.59 Å². The summed E-state index contributed by atoms with van der Waals surface area (Å²) in [6, 6.07) is 0. The Labute approximate surface area is 169 Å². The van der Waals surface area contributed by atoms with Gasteiger partial charge in [0.05, 0.1) is 37.3 Å². The second-order valence-corrected chi connectivity index (χ2v) is 7.05. The predicted molar refractivity (Wildman–Crippen MR) is 99.2 cm³/mol. The molecule has 0 radical (unpaired) electrons. The lowest BCUT2D eigenvalue weighted by Crippen LogP contribution is -2.38. The highest BCUT2D eigenvalue weighted by Crippen LogP contribution is 2.18. The number of ether oxygens (including phenoxy) is 4. The summed E-state index contributed by atoms with van der Waals surface area (Å²) in [7, 11) is 0. The van der Waals surface area contributed by atoms with Gasteiger partial charge in [-0.25, -0.2) is 9.59 Å². The summed E-state index contributed by atoms with van der Waals surface area (Å²) in [5.41, 5.74) is -2.31. The van der Waals surface area contributed by atoms with E-state index >= 15 is 0 Å². The van der Waals surface area contributed by atoms with Crippen LogP contribution in [0.4, 0.5) is 9.59 Å². The van der Waals surface area contributed by atoms with Crippen LogP contribution in [0.2, 0.25) is 0 Å². The number of aliphatic hydroxyl groups excluding tert-OH is 2. The van der Waals surface area contributed by atoms with Gasteiger partial charge in [-0.05, 0) is 27.7 Å². The number of ketones is 2. The summed E-state index contributed by atoms with van der Waals surface area (Å²) in [6.07, 6.45) is -1.75. The van der Waals surface area contributed by atoms with Crippen molar-refractivity contribution in [3.05, 3.63) is 0 Å². The van der Waals surface area contributed by atoms with Gasteiger partial charge in [0.25, 0.3) is 0 Å². The van der Waals surface area contributed by atoms with Gasteiger partial charge in [0.1, 0.15) is 31.4 Å². The van der Waals surface area contributed by atoms with Gasteiger partial charge in [0, 0.05) is 6.54 Å². The van der Waals surface area contributed by atoms with Gasteiger partial charge in [-0.15, -0.1) is 0 Å². The lowest BCUT2D eigenvalue weighted by atomic mass is 9.88. The van der Waals surface area contributed by atoms with Crippen molar-refractivity contribution in [2.45, 2.75) is 27.7 Å². The first-order valence-corrected chi connectivity index (χ1v) is 9.02. The van der Waals surface area contributed by atoms with E-state index in [1.54, 1.807) is 0 Å². The van der Waals surface area contributed by atoms with E-state index in [1.807, 2.05) is 0 Å². The number of hydrogen-bond acceptors (Lipinski definition) is 10. The highest BCUT2D eigenvalue weighted by molar-refractivity contribution is 5.83. The third kappa shape index (κ3) is 10.2. The highest BCUT2D eigenvalue weighted by Gasteiger charge is 2.32. The zero-order valence-electron chi connectivity index (χ0n) is 17.3. The van der Waals surface area contributed by atoms with Crippen molar-refractivity contribution in [1.29, 1.82) is 0 Å². The van der Waals surface area contributed by atoms with Gasteiger partial charge in [-0.2, -0.15) is 0 Å². The van der Waals surface area contributed by atoms with E-state index < -0.39 is 36.3 Å². The molecule has 2 unspecified atom stereocenters. The molecule has 11 heteroatoms. The first kappa shape index (κ1) is 26.8. The van der Waals surface area contributed by atoms with Crippen LogP contribution >= 0.6 is 0 Å². The molecular weight excluding hydrogens is 390 g/mol. The molecule has 0 aliphatic heterocycles. The molecule has 29 heavy (non-hydrogen) atoms. The third-order valence-corrected chi connectivity index (χ3v) is 4.39. The molecule has 0 aromatic heterocycles. The van der Waals surface area contributed by atoms with Crippen molar-refractivity contribution >= 4 is 23.8 Å². The zero-order chi connectivity index (χ0) is 22.5. The third-order valence-electron chi connectivity index (χ3n) is 4.39. The normalized spacial score (nSPS) is 14.8. The van der Waals surface area contributed by atoms with Gasteiger partial charge < -0.3 is 34.5 Å². The predicted octanol–water partition coefficient (Wildman–Crippen LogP) is 0.0576. The quantitative estimate of drug-likeness (QED) is 0.259. The second-order valence-electron chi connectivity index (χ2n) is 7.05. The summed E-state index contributed by atoms with van der Waals surface area (Å²) in [4.78, 5) is 45.7. The largest absolute Gasteiger partial charge is 0.508 e. The number of hydrogen-bond donors (Lipinski definition) is 3. The smallest absolute Gasteiger partial charge is 0.448 e. The molecule has 11 nitrogen and oxygen atoms in total. The molecule has 1 amide bonds. The Morgan fingerprint density at radius 3 is 1.79 bits per heavy atom. The van der Waals surface area contributed by atoms with Crippen molar-refractivity contribution in [2.75, 3.05) is 52.8 Å². The lowest BCUT2D eigenvalue weighted by molar-refractivity contribution is -0.131. The Hall–Kier alpha value is -2.24. The van der Waals surface area contributed by atoms with Gasteiger partial charge >= 0.3 is 12.2 Å². The molecule has 0 aliphatic rings. The fourth-order valence-corrected chi connectivity index (χ4v) is 1.56. The first-order valence-electron chi connectivity index (χ1n) is 9.02. The van der Waals surface area contributed by atoms with Crippen LogP contribution in [0.5, 0.6) is 0 Å². The Morgan fingerprint density at radius 1 is 0.793 bits per heavy atom. The molecule has 0 heterocycles. The monoisotopic (exact) mass is 421 g/mol. The molecule has 0 rings (SSSR count). The number of carbonyl (C=O) groups is 4. The maximum atomic E-state index is 11.5. The Kier molecular flexibility index (Phi) is 12.1. The Bertz CT molecular complexity index is 519. The number of nitrogens with one attached hydrogen (secondary N) is 1. The lowest BCUT2D eigenvalue weighted by Gasteiger charge is -2.23. The van der Waals surface area contributed by atoms with Gasteiger partial charge in [0.2, 0.25) is 0 Å². The molecule has 0 saturated heterocycles. The van der Waals surface area contributed by atoms with Gasteiger partial charge in [-0.1, -0.05) is 0 Å². The summed E-state index contributed by atoms with van der Waals surface area (Å²) in [6.45, 7) is 4.28. The molecule has 168 valence electrons. The minimum Gasteiger partial charge on any atom is -0.448 e. The minimum absolute atomic E-state index is 0.0444. The number of Topliss-reactive ketones (excluding diaryl/α,β-unsaturated/α-hetero) is 2. The molecule has 0 aromatic rings. The van der Waals surface area contributed by atoms with Crippen LogP contribution in [0, 0.1) is 10.8 Å².